The van der Waals surface area contributed by atoms with Gasteiger partial charge in [0, 0.05) is 19.3 Å². The van der Waals surface area contributed by atoms with Gasteiger partial charge in [-0.1, -0.05) is 0 Å². The highest BCUT2D eigenvalue weighted by Gasteiger charge is 2.49. The van der Waals surface area contributed by atoms with Crippen molar-refractivity contribution in [1.82, 2.24) is 0 Å². The van der Waals surface area contributed by atoms with E-state index < -0.39 is 74.6 Å². The van der Waals surface area contributed by atoms with Crippen LogP contribution in [0.25, 0.3) is 0 Å². The van der Waals surface area contributed by atoms with E-state index in [2.05, 4.69) is 0 Å². The van der Waals surface area contributed by atoms with Crippen LogP contribution in [0.2, 0.25) is 0 Å². The molecule has 0 aromatic rings. The van der Waals surface area contributed by atoms with Gasteiger partial charge in [-0.15, -0.1) is 0 Å². The van der Waals surface area contributed by atoms with E-state index in [4.69, 9.17) is 0 Å². The predicted molar refractivity (Wildman–Crippen MR) is 63.8 cm³/mol. The lowest BCUT2D eigenvalue weighted by Crippen LogP contribution is -2.33. The Balaban J connectivity index is 5.16. The van der Waals surface area contributed by atoms with Crippen LogP contribution in [0.15, 0.2) is 0 Å². The Hall–Kier alpha value is -0.840. The Kier molecular flexibility index (Phi) is 7.55. The van der Waals surface area contributed by atoms with Crippen molar-refractivity contribution in [3.8, 4) is 0 Å². The van der Waals surface area contributed by atoms with Gasteiger partial charge in [0.25, 0.3) is 11.8 Å². The van der Waals surface area contributed by atoms with Gasteiger partial charge < -0.3 is 0 Å². The molecule has 0 aliphatic rings. The highest BCUT2D eigenvalue weighted by molar-refractivity contribution is 4.82. The van der Waals surface area contributed by atoms with E-state index in [0.717, 1.165) is 0 Å². The van der Waals surface area contributed by atoms with Crippen molar-refractivity contribution in [3.05, 3.63) is 0 Å². The molecule has 0 aromatic carbocycles. The topological polar surface area (TPSA) is 0 Å². The van der Waals surface area contributed by atoms with E-state index in [9.17, 15) is 52.7 Å². The summed E-state index contributed by atoms with van der Waals surface area (Å²) in [4.78, 5) is 0. The molecule has 0 nitrogen and oxygen atoms in total. The van der Waals surface area contributed by atoms with Crippen LogP contribution in [0.3, 0.4) is 0 Å². The molecule has 0 spiro atoms. The maximum absolute atomic E-state index is 13.3. The molecule has 0 unspecified atom stereocenters. The van der Waals surface area contributed by atoms with Crippen molar-refractivity contribution >= 4 is 0 Å². The molecule has 0 fully saturated rings. The largest absolute Gasteiger partial charge is 0.394 e. The van der Waals surface area contributed by atoms with Gasteiger partial charge in [-0.3, -0.25) is 0 Å². The number of halogens is 12. The van der Waals surface area contributed by atoms with E-state index >= 15 is 0 Å². The van der Waals surface area contributed by atoms with Crippen LogP contribution in [-0.4, -0.2) is 30.1 Å². The molecule has 0 amide bonds. The highest BCUT2D eigenvalue weighted by Crippen LogP contribution is 2.43. The normalized spacial score (nSPS) is 15.1. The second-order valence-corrected chi connectivity index (χ2v) is 6.18. The summed E-state index contributed by atoms with van der Waals surface area (Å²) < 4.78 is 151. The molecule has 152 valence electrons. The summed E-state index contributed by atoms with van der Waals surface area (Å²) >= 11 is 0. The summed E-state index contributed by atoms with van der Waals surface area (Å²) in [6, 6.07) is 0. The van der Waals surface area contributed by atoms with Crippen LogP contribution in [0, 0.1) is 5.92 Å². The summed E-state index contributed by atoms with van der Waals surface area (Å²) in [5.74, 6) is -14.7. The third-order valence-electron chi connectivity index (χ3n) is 3.08. The van der Waals surface area contributed by atoms with Gasteiger partial charge in [0.05, 0.1) is 0 Å². The van der Waals surface area contributed by atoms with Crippen molar-refractivity contribution < 1.29 is 52.7 Å². The van der Waals surface area contributed by atoms with Gasteiger partial charge in [0.1, 0.15) is 12.8 Å². The molecule has 12 heteroatoms. The van der Waals surface area contributed by atoms with Crippen LogP contribution in [-0.2, 0) is 0 Å². The van der Waals surface area contributed by atoms with Gasteiger partial charge in [-0.25, -0.2) is 26.3 Å². The van der Waals surface area contributed by atoms with Crippen LogP contribution in [0.1, 0.15) is 45.4 Å². The average molecular weight is 400 g/mol. The molecule has 0 N–H and O–H groups in total. The first-order chi connectivity index (χ1) is 10.7. The van der Waals surface area contributed by atoms with Gasteiger partial charge in [-0.2, -0.15) is 26.3 Å². The van der Waals surface area contributed by atoms with Crippen LogP contribution in [0.5, 0.6) is 0 Å². The van der Waals surface area contributed by atoms with Gasteiger partial charge >= 0.3 is 12.4 Å². The molecule has 0 atom stereocenters. The maximum Gasteiger partial charge on any atom is 0.394 e. The number of alkyl halides is 12. The molecule has 0 aliphatic heterocycles. The minimum atomic E-state index is -5.35. The van der Waals surface area contributed by atoms with E-state index in [1.807, 2.05) is 0 Å². The standard InChI is InChI=1S/C13H16F12/c1-9(14,15)3-2-8(4-10(16,17)6-12(20,21)22)5-11(18,19)7-13(23,24)25/h8H,2-7H2,1H3. The third kappa shape index (κ3) is 14.1. The predicted octanol–water partition coefficient (Wildman–Crippen LogP) is 6.99. The van der Waals surface area contributed by atoms with Crippen LogP contribution >= 0.6 is 0 Å². The summed E-state index contributed by atoms with van der Waals surface area (Å²) in [6.07, 6.45) is -22.1. The van der Waals surface area contributed by atoms with E-state index in [-0.39, 0.29) is 0 Å². The first kappa shape index (κ1) is 24.2. The Labute approximate surface area is 135 Å². The van der Waals surface area contributed by atoms with Gasteiger partial charge in [0.2, 0.25) is 5.92 Å². The van der Waals surface area contributed by atoms with E-state index in [0.29, 0.717) is 6.92 Å². The molecular formula is C13H16F12. The summed E-state index contributed by atoms with van der Waals surface area (Å²) in [5, 5.41) is 0. The second-order valence-electron chi connectivity index (χ2n) is 6.18. The SMILES string of the molecule is CC(F)(F)CCC(CC(F)(F)CC(F)(F)F)CC(F)(F)CC(F)(F)F. The molecule has 0 heterocycles. The highest BCUT2D eigenvalue weighted by atomic mass is 19.4. The summed E-state index contributed by atoms with van der Waals surface area (Å²) in [7, 11) is 0. The van der Waals surface area contributed by atoms with Crippen LogP contribution in [0.4, 0.5) is 52.7 Å². The first-order valence-electron chi connectivity index (χ1n) is 6.97. The minimum Gasteiger partial charge on any atom is -0.207 e. The number of rotatable bonds is 9. The number of hydrogen-bond donors (Lipinski definition) is 0. The number of hydrogen-bond acceptors (Lipinski definition) is 0. The zero-order chi connectivity index (χ0) is 20.3. The summed E-state index contributed by atoms with van der Waals surface area (Å²) in [5.41, 5.74) is 0. The molecule has 25 heavy (non-hydrogen) atoms. The van der Waals surface area contributed by atoms with Crippen molar-refractivity contribution in [1.29, 1.82) is 0 Å². The zero-order valence-corrected chi connectivity index (χ0v) is 12.9. The molecule has 0 bridgehead atoms. The lowest BCUT2D eigenvalue weighted by atomic mass is 9.87. The van der Waals surface area contributed by atoms with Crippen molar-refractivity contribution in [2.45, 2.75) is 75.6 Å². The first-order valence-corrected chi connectivity index (χ1v) is 6.97. The van der Waals surface area contributed by atoms with E-state index in [1.165, 1.54) is 0 Å². The Morgan fingerprint density at radius 3 is 1.16 bits per heavy atom. The molecule has 0 saturated carbocycles. The van der Waals surface area contributed by atoms with E-state index in [1.54, 1.807) is 0 Å². The Morgan fingerprint density at radius 2 is 0.920 bits per heavy atom. The van der Waals surface area contributed by atoms with Gasteiger partial charge in [0.15, 0.2) is 0 Å². The Bertz CT molecular complexity index is 371. The molecule has 0 saturated heterocycles. The van der Waals surface area contributed by atoms with Crippen molar-refractivity contribution in [3.63, 3.8) is 0 Å². The van der Waals surface area contributed by atoms with Crippen molar-refractivity contribution in [2.24, 2.45) is 5.92 Å². The maximum atomic E-state index is 13.3. The fourth-order valence-corrected chi connectivity index (χ4v) is 2.31. The second kappa shape index (κ2) is 7.81. The minimum absolute atomic E-state index is 0.325. The monoisotopic (exact) mass is 400 g/mol. The lowest BCUT2D eigenvalue weighted by Gasteiger charge is -2.28. The molecule has 0 aromatic heterocycles. The quantitative estimate of drug-likeness (QED) is 0.366. The third-order valence-corrected chi connectivity index (χ3v) is 3.08. The summed E-state index contributed by atoms with van der Waals surface area (Å²) in [6.45, 7) is 0.325. The molecular weight excluding hydrogens is 384 g/mol. The van der Waals surface area contributed by atoms with Crippen LogP contribution < -0.4 is 0 Å². The fraction of sp³-hybridized carbons (Fsp3) is 1.00. The average Bonchev–Trinajstić information content (AvgIpc) is 2.15. The smallest absolute Gasteiger partial charge is 0.207 e. The Morgan fingerprint density at radius 1 is 0.600 bits per heavy atom. The molecule has 0 aliphatic carbocycles. The fourth-order valence-electron chi connectivity index (χ4n) is 2.31. The van der Waals surface area contributed by atoms with Crippen molar-refractivity contribution in [2.75, 3.05) is 0 Å². The lowest BCUT2D eigenvalue weighted by molar-refractivity contribution is -0.201. The molecule has 0 radical (unpaired) electrons. The molecule has 0 rings (SSSR count). The zero-order valence-electron chi connectivity index (χ0n) is 12.9. The van der Waals surface area contributed by atoms with Gasteiger partial charge in [-0.05, 0) is 19.3 Å².